The van der Waals surface area contributed by atoms with E-state index in [1.165, 1.54) is 32.6 Å². The number of halogens is 1. The first-order chi connectivity index (χ1) is 13.7. The topological polar surface area (TPSA) is 55.9 Å². The number of nitrogens with zero attached hydrogens (tertiary/aromatic N) is 2. The van der Waals surface area contributed by atoms with E-state index < -0.39 is 0 Å². The summed E-state index contributed by atoms with van der Waals surface area (Å²) in [4.78, 5) is 2.78. The Hall–Kier alpha value is -2.02. The number of nitrogens with two attached hydrogens (primary N) is 1. The average molecular weight is 399 g/mol. The van der Waals surface area contributed by atoms with Crippen LogP contribution >= 0.6 is 11.3 Å². The maximum atomic E-state index is 13.4. The summed E-state index contributed by atoms with van der Waals surface area (Å²) < 4.78 is 15.6. The lowest BCUT2D eigenvalue weighted by Crippen LogP contribution is -2.37. The number of fused-ring (bicyclic) bond motifs is 3. The predicted molar refractivity (Wildman–Crippen MR) is 113 cm³/mol. The lowest BCUT2D eigenvalue weighted by molar-refractivity contribution is 0.516. The molecule has 3 N–H and O–H groups in total. The summed E-state index contributed by atoms with van der Waals surface area (Å²) >= 11 is 1.89. The Bertz CT molecular complexity index is 946. The van der Waals surface area contributed by atoms with E-state index in [9.17, 15) is 4.39 Å². The van der Waals surface area contributed by atoms with E-state index in [1.807, 2.05) is 23.6 Å². The highest BCUT2D eigenvalue weighted by Gasteiger charge is 2.21. The van der Waals surface area contributed by atoms with Crippen molar-refractivity contribution < 1.29 is 4.39 Å². The number of benzene rings is 1. The molecule has 2 aromatic heterocycles. The summed E-state index contributed by atoms with van der Waals surface area (Å²) in [5, 5.41) is 8.16. The molecule has 1 aliphatic heterocycles. The smallest absolute Gasteiger partial charge is 0.123 e. The Labute approximate surface area is 169 Å². The van der Waals surface area contributed by atoms with Crippen LogP contribution in [0.25, 0.3) is 11.3 Å². The third kappa shape index (κ3) is 4.04. The fourth-order valence-electron chi connectivity index (χ4n) is 3.94. The molecule has 0 spiro atoms. The SMILES string of the molecule is CCc1cnn2c1-c1cc(CN[C@H](CN)Cc3cccc(F)c3)sc1CCC2. The lowest BCUT2D eigenvalue weighted by Gasteiger charge is -2.16. The van der Waals surface area contributed by atoms with Crippen LogP contribution in [0.2, 0.25) is 0 Å². The van der Waals surface area contributed by atoms with E-state index in [2.05, 4.69) is 28.1 Å². The molecule has 0 aliphatic carbocycles. The lowest BCUT2D eigenvalue weighted by atomic mass is 10.1. The highest BCUT2D eigenvalue weighted by Crippen LogP contribution is 2.37. The Morgan fingerprint density at radius 2 is 2.25 bits per heavy atom. The Kier molecular flexibility index (Phi) is 5.90. The second kappa shape index (κ2) is 8.55. The zero-order chi connectivity index (χ0) is 19.5. The zero-order valence-electron chi connectivity index (χ0n) is 16.2. The molecule has 0 saturated heterocycles. The fraction of sp³-hybridized carbons (Fsp3) is 0.409. The van der Waals surface area contributed by atoms with E-state index in [4.69, 9.17) is 5.73 Å². The summed E-state index contributed by atoms with van der Waals surface area (Å²) in [5.41, 5.74) is 10.9. The molecule has 6 heteroatoms. The van der Waals surface area contributed by atoms with Crippen LogP contribution in [-0.4, -0.2) is 22.4 Å². The highest BCUT2D eigenvalue weighted by molar-refractivity contribution is 7.12. The number of aromatic nitrogens is 2. The van der Waals surface area contributed by atoms with Gasteiger partial charge in [0, 0.05) is 41.0 Å². The molecular weight excluding hydrogens is 371 g/mol. The van der Waals surface area contributed by atoms with Gasteiger partial charge < -0.3 is 11.1 Å². The summed E-state index contributed by atoms with van der Waals surface area (Å²) in [6, 6.07) is 9.21. The third-order valence-corrected chi connectivity index (χ3v) is 6.60. The monoisotopic (exact) mass is 398 g/mol. The molecule has 1 aromatic carbocycles. The second-order valence-corrected chi connectivity index (χ2v) is 8.62. The quantitative estimate of drug-likeness (QED) is 0.634. The number of hydrogen-bond acceptors (Lipinski definition) is 4. The van der Waals surface area contributed by atoms with Gasteiger partial charge in [0.15, 0.2) is 0 Å². The molecule has 0 amide bonds. The maximum Gasteiger partial charge on any atom is 0.123 e. The van der Waals surface area contributed by atoms with Crippen LogP contribution in [0, 0.1) is 5.82 Å². The molecule has 3 heterocycles. The minimum Gasteiger partial charge on any atom is -0.329 e. The minimum absolute atomic E-state index is 0.125. The van der Waals surface area contributed by atoms with Crippen LogP contribution < -0.4 is 11.1 Å². The molecule has 0 saturated carbocycles. The molecule has 0 fully saturated rings. The molecule has 28 heavy (non-hydrogen) atoms. The van der Waals surface area contributed by atoms with Crippen LogP contribution in [-0.2, 0) is 32.4 Å². The summed E-state index contributed by atoms with van der Waals surface area (Å²) in [5.74, 6) is -0.196. The van der Waals surface area contributed by atoms with Gasteiger partial charge in [-0.15, -0.1) is 11.3 Å². The second-order valence-electron chi connectivity index (χ2n) is 7.40. The Morgan fingerprint density at radius 3 is 3.04 bits per heavy atom. The number of aryl methyl sites for hydroxylation is 3. The summed E-state index contributed by atoms with van der Waals surface area (Å²) in [6.07, 6.45) is 5.98. The average Bonchev–Trinajstić information content (AvgIpc) is 3.24. The molecule has 0 bridgehead atoms. The number of hydrogen-bond donors (Lipinski definition) is 2. The molecule has 1 aliphatic rings. The Balaban J connectivity index is 1.49. The molecule has 0 radical (unpaired) electrons. The van der Waals surface area contributed by atoms with Gasteiger partial charge in [0.05, 0.1) is 11.9 Å². The van der Waals surface area contributed by atoms with Gasteiger partial charge in [0.2, 0.25) is 0 Å². The van der Waals surface area contributed by atoms with Crippen molar-refractivity contribution in [1.82, 2.24) is 15.1 Å². The van der Waals surface area contributed by atoms with Gasteiger partial charge in [-0.05, 0) is 55.0 Å². The van der Waals surface area contributed by atoms with E-state index in [0.29, 0.717) is 6.54 Å². The zero-order valence-corrected chi connectivity index (χ0v) is 17.1. The Morgan fingerprint density at radius 1 is 1.36 bits per heavy atom. The largest absolute Gasteiger partial charge is 0.329 e. The fourth-order valence-corrected chi connectivity index (χ4v) is 5.10. The van der Waals surface area contributed by atoms with Gasteiger partial charge in [0.1, 0.15) is 5.82 Å². The van der Waals surface area contributed by atoms with Crippen molar-refractivity contribution in [2.75, 3.05) is 6.54 Å². The van der Waals surface area contributed by atoms with E-state index in [1.54, 1.807) is 12.1 Å². The molecule has 0 unspecified atom stereocenters. The number of nitrogens with one attached hydrogen (secondary N) is 1. The van der Waals surface area contributed by atoms with Gasteiger partial charge in [-0.3, -0.25) is 4.68 Å². The van der Waals surface area contributed by atoms with Crippen molar-refractivity contribution in [3.63, 3.8) is 0 Å². The van der Waals surface area contributed by atoms with Crippen LogP contribution in [0.4, 0.5) is 4.39 Å². The molecule has 148 valence electrons. The van der Waals surface area contributed by atoms with Crippen molar-refractivity contribution in [3.05, 3.63) is 63.2 Å². The van der Waals surface area contributed by atoms with Gasteiger partial charge in [-0.25, -0.2) is 4.39 Å². The normalized spacial score (nSPS) is 14.4. The first kappa shape index (κ1) is 19.3. The van der Waals surface area contributed by atoms with Crippen molar-refractivity contribution in [2.45, 2.75) is 51.7 Å². The first-order valence-electron chi connectivity index (χ1n) is 10.0. The van der Waals surface area contributed by atoms with Gasteiger partial charge in [-0.1, -0.05) is 19.1 Å². The number of thiophene rings is 1. The molecule has 1 atom stereocenters. The summed E-state index contributed by atoms with van der Waals surface area (Å²) in [7, 11) is 0. The van der Waals surface area contributed by atoms with Crippen LogP contribution in [0.3, 0.4) is 0 Å². The van der Waals surface area contributed by atoms with Gasteiger partial charge in [-0.2, -0.15) is 5.10 Å². The third-order valence-electron chi connectivity index (χ3n) is 5.41. The summed E-state index contributed by atoms with van der Waals surface area (Å²) in [6.45, 7) is 4.49. The predicted octanol–water partition coefficient (Wildman–Crippen LogP) is 3.92. The molecular formula is C22H27FN4S. The first-order valence-corrected chi connectivity index (χ1v) is 10.8. The van der Waals surface area contributed by atoms with Crippen LogP contribution in [0.1, 0.15) is 34.2 Å². The van der Waals surface area contributed by atoms with Gasteiger partial charge >= 0.3 is 0 Å². The molecule has 4 rings (SSSR count). The van der Waals surface area contributed by atoms with Crippen molar-refractivity contribution in [1.29, 1.82) is 0 Å². The standard InChI is InChI=1S/C22H27FN4S/c1-2-16-13-26-27-8-4-7-21-20(22(16)27)11-19(28-21)14-25-18(12-24)10-15-5-3-6-17(23)9-15/h3,5-6,9,11,13,18,25H,2,4,7-8,10,12,14,24H2,1H3/t18-/m0/s1. The van der Waals surface area contributed by atoms with E-state index >= 15 is 0 Å². The highest BCUT2D eigenvalue weighted by atomic mass is 32.1. The van der Waals surface area contributed by atoms with E-state index in [-0.39, 0.29) is 11.9 Å². The minimum atomic E-state index is -0.196. The molecule has 4 nitrogen and oxygen atoms in total. The van der Waals surface area contributed by atoms with Crippen molar-refractivity contribution in [2.24, 2.45) is 5.73 Å². The van der Waals surface area contributed by atoms with Crippen LogP contribution in [0.15, 0.2) is 36.5 Å². The number of rotatable bonds is 7. The van der Waals surface area contributed by atoms with Crippen LogP contribution in [0.5, 0.6) is 0 Å². The van der Waals surface area contributed by atoms with E-state index in [0.717, 1.165) is 44.3 Å². The van der Waals surface area contributed by atoms with Crippen molar-refractivity contribution >= 4 is 11.3 Å². The molecule has 3 aromatic rings. The van der Waals surface area contributed by atoms with Crippen molar-refractivity contribution in [3.8, 4) is 11.3 Å². The maximum absolute atomic E-state index is 13.4. The van der Waals surface area contributed by atoms with Gasteiger partial charge in [0.25, 0.3) is 0 Å².